The fourth-order valence-corrected chi connectivity index (χ4v) is 5.86. The van der Waals surface area contributed by atoms with Gasteiger partial charge in [0.05, 0.1) is 40.5 Å². The molecule has 9 heteroatoms. The van der Waals surface area contributed by atoms with E-state index in [0.29, 0.717) is 6.54 Å². The number of aryl methyl sites for hydroxylation is 1. The van der Waals surface area contributed by atoms with Crippen molar-refractivity contribution in [2.45, 2.75) is 44.4 Å². The second kappa shape index (κ2) is 8.98. The number of aromatic nitrogens is 5. The van der Waals surface area contributed by atoms with Gasteiger partial charge in [0.15, 0.2) is 11.0 Å². The lowest BCUT2D eigenvalue weighted by molar-refractivity contribution is 0.116. The molecule has 8 nitrogen and oxygen atoms in total. The summed E-state index contributed by atoms with van der Waals surface area (Å²) in [5.74, 6) is 1.62. The molecule has 3 aromatic heterocycles. The molecule has 0 bridgehead atoms. The van der Waals surface area contributed by atoms with Gasteiger partial charge in [0.25, 0.3) is 0 Å². The van der Waals surface area contributed by atoms with Crippen molar-refractivity contribution in [1.29, 1.82) is 0 Å². The maximum absolute atomic E-state index is 10.3. The molecule has 6 rings (SSSR count). The van der Waals surface area contributed by atoms with E-state index in [4.69, 9.17) is 14.7 Å². The molecule has 1 saturated carbocycles. The van der Waals surface area contributed by atoms with Gasteiger partial charge in [0.2, 0.25) is 0 Å². The van der Waals surface area contributed by atoms with E-state index >= 15 is 0 Å². The van der Waals surface area contributed by atoms with Crippen LogP contribution in [0, 0.1) is 0 Å². The summed E-state index contributed by atoms with van der Waals surface area (Å²) in [5.41, 5.74) is 4.86. The van der Waals surface area contributed by atoms with Gasteiger partial charge in [-0.25, -0.2) is 9.97 Å². The van der Waals surface area contributed by atoms with Gasteiger partial charge < -0.3 is 19.7 Å². The van der Waals surface area contributed by atoms with Crippen molar-refractivity contribution in [3.63, 3.8) is 0 Å². The zero-order valence-corrected chi connectivity index (χ0v) is 20.6. The highest BCUT2D eigenvalue weighted by atomic mass is 32.1. The van der Waals surface area contributed by atoms with E-state index in [0.717, 1.165) is 74.9 Å². The number of methoxy groups -OCH3 is 1. The molecule has 2 N–H and O–H groups in total. The number of anilines is 1. The number of benzene rings is 2. The lowest BCUT2D eigenvalue weighted by atomic mass is 9.93. The third kappa shape index (κ3) is 4.26. The quantitative estimate of drug-likeness (QED) is 0.356. The van der Waals surface area contributed by atoms with Gasteiger partial charge in [0, 0.05) is 25.9 Å². The van der Waals surface area contributed by atoms with E-state index in [9.17, 15) is 5.11 Å². The van der Waals surface area contributed by atoms with Gasteiger partial charge >= 0.3 is 0 Å². The van der Waals surface area contributed by atoms with Crippen LogP contribution < -0.4 is 10.1 Å². The van der Waals surface area contributed by atoms with Crippen molar-refractivity contribution >= 4 is 37.7 Å². The Morgan fingerprint density at radius 3 is 2.74 bits per heavy atom. The van der Waals surface area contributed by atoms with Crippen LogP contribution >= 0.6 is 11.3 Å². The Morgan fingerprint density at radius 1 is 1.09 bits per heavy atom. The summed E-state index contributed by atoms with van der Waals surface area (Å²) in [6.45, 7) is 0.646. The molecule has 0 amide bonds. The first-order valence-electron chi connectivity index (χ1n) is 12.0. The lowest BCUT2D eigenvalue weighted by Crippen LogP contribution is -2.36. The van der Waals surface area contributed by atoms with Gasteiger partial charge in [-0.2, -0.15) is 5.10 Å². The van der Waals surface area contributed by atoms with Crippen LogP contribution in [0.3, 0.4) is 0 Å². The normalized spacial score (nSPS) is 18.4. The topological polar surface area (TPSA) is 90.0 Å². The number of aliphatic hydroxyl groups is 1. The van der Waals surface area contributed by atoms with E-state index in [-0.39, 0.29) is 12.1 Å². The zero-order chi connectivity index (χ0) is 23.9. The third-order valence-corrected chi connectivity index (χ3v) is 7.68. The van der Waals surface area contributed by atoms with E-state index in [2.05, 4.69) is 33.2 Å². The number of ether oxygens (including phenoxy) is 1. The minimum Gasteiger partial charge on any atom is -0.497 e. The van der Waals surface area contributed by atoms with Crippen LogP contribution in [-0.4, -0.2) is 48.7 Å². The molecule has 35 heavy (non-hydrogen) atoms. The van der Waals surface area contributed by atoms with E-state index in [1.807, 2.05) is 37.5 Å². The predicted molar refractivity (Wildman–Crippen MR) is 139 cm³/mol. The molecule has 0 aliphatic heterocycles. The Labute approximate surface area is 207 Å². The second-order valence-corrected chi connectivity index (χ2v) is 10.2. The average Bonchev–Trinajstić information content (AvgIpc) is 3.56. The summed E-state index contributed by atoms with van der Waals surface area (Å²) < 4.78 is 10.6. The van der Waals surface area contributed by atoms with Crippen LogP contribution in [0.5, 0.6) is 5.75 Å². The molecular formula is C26H28N6O2S. The molecule has 180 valence electrons. The van der Waals surface area contributed by atoms with Gasteiger partial charge in [0.1, 0.15) is 11.4 Å². The molecule has 1 aliphatic carbocycles. The molecular weight excluding hydrogens is 460 g/mol. The Hall–Kier alpha value is -3.43. The monoisotopic (exact) mass is 488 g/mol. The Balaban J connectivity index is 1.35. The molecule has 0 radical (unpaired) electrons. The van der Waals surface area contributed by atoms with E-state index < -0.39 is 0 Å². The number of nitrogens with one attached hydrogen (secondary N) is 1. The van der Waals surface area contributed by atoms with Crippen LogP contribution in [0.2, 0.25) is 0 Å². The smallest absolute Gasteiger partial charge is 0.184 e. The largest absolute Gasteiger partial charge is 0.497 e. The summed E-state index contributed by atoms with van der Waals surface area (Å²) in [5, 5.41) is 19.3. The summed E-state index contributed by atoms with van der Waals surface area (Å²) >= 11 is 1.64. The first-order valence-corrected chi connectivity index (χ1v) is 12.8. The number of aliphatic hydroxyl groups excluding tert-OH is 1. The minimum absolute atomic E-state index is 0.0806. The van der Waals surface area contributed by atoms with Crippen molar-refractivity contribution in [1.82, 2.24) is 24.3 Å². The van der Waals surface area contributed by atoms with Crippen LogP contribution in [0.25, 0.3) is 32.8 Å². The lowest BCUT2D eigenvalue weighted by Gasteiger charge is -2.27. The Kier molecular flexibility index (Phi) is 5.66. The molecule has 1 aliphatic rings. The Bertz CT molecular complexity index is 1500. The minimum atomic E-state index is -0.303. The molecule has 2 aromatic carbocycles. The number of hydrogen-bond acceptors (Lipinski definition) is 7. The van der Waals surface area contributed by atoms with Gasteiger partial charge in [-0.3, -0.25) is 4.68 Å². The number of rotatable bonds is 6. The number of nitrogens with zero attached hydrogens (tertiary/aromatic N) is 5. The first kappa shape index (κ1) is 22.1. The zero-order valence-electron chi connectivity index (χ0n) is 19.8. The molecule has 0 saturated heterocycles. The highest BCUT2D eigenvalue weighted by Gasteiger charge is 2.24. The maximum Gasteiger partial charge on any atom is 0.184 e. The fraction of sp³-hybridized carbons (Fsp3) is 0.346. The summed E-state index contributed by atoms with van der Waals surface area (Å²) in [7, 11) is 3.59. The Morgan fingerprint density at radius 2 is 1.94 bits per heavy atom. The van der Waals surface area contributed by atoms with Crippen LogP contribution in [-0.2, 0) is 13.6 Å². The van der Waals surface area contributed by atoms with Crippen LogP contribution in [0.15, 0.2) is 48.7 Å². The van der Waals surface area contributed by atoms with Crippen molar-refractivity contribution in [2.24, 2.45) is 7.05 Å². The second-order valence-electron chi connectivity index (χ2n) is 9.17. The van der Waals surface area contributed by atoms with Gasteiger partial charge in [-0.1, -0.05) is 30.2 Å². The molecule has 0 spiro atoms. The highest BCUT2D eigenvalue weighted by molar-refractivity contribution is 7.22. The maximum atomic E-state index is 10.3. The predicted octanol–water partition coefficient (Wildman–Crippen LogP) is 4.82. The van der Waals surface area contributed by atoms with Crippen molar-refractivity contribution < 1.29 is 9.84 Å². The van der Waals surface area contributed by atoms with Gasteiger partial charge in [-0.05, 0) is 48.7 Å². The van der Waals surface area contributed by atoms with Crippen molar-refractivity contribution in [2.75, 3.05) is 12.4 Å². The SMILES string of the molecule is COc1ccc2nc(-c3ccn(C)n3)n(Cc3ccc4nc(NC5CCCCC5O)sc4c3)c2c1. The van der Waals surface area contributed by atoms with E-state index in [1.54, 1.807) is 23.1 Å². The van der Waals surface area contributed by atoms with Crippen molar-refractivity contribution in [3.8, 4) is 17.3 Å². The van der Waals surface area contributed by atoms with Crippen LogP contribution in [0.4, 0.5) is 5.13 Å². The molecule has 5 aromatic rings. The summed E-state index contributed by atoms with van der Waals surface area (Å²) in [6.07, 6.45) is 5.71. The molecule has 1 fully saturated rings. The van der Waals surface area contributed by atoms with Gasteiger partial charge in [-0.15, -0.1) is 0 Å². The first-order chi connectivity index (χ1) is 17.1. The number of fused-ring (bicyclic) bond motifs is 2. The van der Waals surface area contributed by atoms with E-state index in [1.165, 1.54) is 0 Å². The number of imidazole rings is 1. The fourth-order valence-electron chi connectivity index (χ4n) is 4.87. The third-order valence-electron chi connectivity index (χ3n) is 6.73. The molecule has 2 unspecified atom stereocenters. The summed E-state index contributed by atoms with van der Waals surface area (Å²) in [6, 6.07) is 14.4. The average molecular weight is 489 g/mol. The number of hydrogen-bond donors (Lipinski definition) is 2. The molecule has 3 heterocycles. The standard InChI is InChI=1S/C26H28N6O2S/c1-31-12-11-21(30-31)25-27-18-10-8-17(34-2)14-22(18)32(25)15-16-7-9-20-24(13-16)35-26(29-20)28-19-5-3-4-6-23(19)33/h7-14,19,23,33H,3-6,15H2,1-2H3,(H,28,29). The number of thiazole rings is 1. The molecule has 2 atom stereocenters. The van der Waals surface area contributed by atoms with Crippen LogP contribution in [0.1, 0.15) is 31.2 Å². The van der Waals surface area contributed by atoms with Crippen molar-refractivity contribution in [3.05, 3.63) is 54.2 Å². The summed E-state index contributed by atoms with van der Waals surface area (Å²) in [4.78, 5) is 9.66. The highest BCUT2D eigenvalue weighted by Crippen LogP contribution is 2.32.